The molecule has 0 radical (unpaired) electrons. The van der Waals surface area contributed by atoms with Gasteiger partial charge in [0.2, 0.25) is 5.91 Å². The molecule has 4 rings (SSSR count). The Morgan fingerprint density at radius 1 is 1.42 bits per heavy atom. The summed E-state index contributed by atoms with van der Waals surface area (Å²) in [7, 11) is 1.80. The van der Waals surface area contributed by atoms with Crippen molar-refractivity contribution in [2.45, 2.75) is 19.8 Å². The van der Waals surface area contributed by atoms with E-state index in [9.17, 15) is 15.2 Å². The van der Waals surface area contributed by atoms with Crippen molar-refractivity contribution in [2.75, 3.05) is 16.8 Å². The van der Waals surface area contributed by atoms with Gasteiger partial charge in [0.05, 0.1) is 30.1 Å². The number of aromatic hydroxyl groups is 1. The number of anilines is 3. The SMILES string of the molecule is C=N/C(Cl)=C(\C=C/C)CC(=O)N1CCc2cc(-c3cc(Nc4ccnn4C)ncc3O)cc(C#N)c21. The third-order valence-electron chi connectivity index (χ3n) is 5.87. The first kappa shape index (κ1) is 24.7. The van der Waals surface area contributed by atoms with Gasteiger partial charge in [-0.1, -0.05) is 23.8 Å². The molecule has 0 aliphatic carbocycles. The lowest BCUT2D eigenvalue weighted by atomic mass is 9.98. The van der Waals surface area contributed by atoms with Gasteiger partial charge in [-0.2, -0.15) is 10.4 Å². The van der Waals surface area contributed by atoms with Crippen LogP contribution in [0, 0.1) is 11.3 Å². The van der Waals surface area contributed by atoms with Crippen molar-refractivity contribution in [3.63, 3.8) is 0 Å². The number of hydrogen-bond acceptors (Lipinski definition) is 7. The second kappa shape index (κ2) is 10.5. The molecule has 1 amide bonds. The van der Waals surface area contributed by atoms with E-state index < -0.39 is 0 Å². The number of allylic oxidation sites excluding steroid dienone is 2. The summed E-state index contributed by atoms with van der Waals surface area (Å²) in [5.74, 6) is 1.03. The number of fused-ring (bicyclic) bond motifs is 1. The zero-order chi connectivity index (χ0) is 25.8. The fourth-order valence-corrected chi connectivity index (χ4v) is 4.31. The Labute approximate surface area is 213 Å². The van der Waals surface area contributed by atoms with Gasteiger partial charge in [0.25, 0.3) is 0 Å². The van der Waals surface area contributed by atoms with E-state index in [1.165, 1.54) is 6.20 Å². The molecule has 1 aliphatic rings. The number of pyridine rings is 1. The van der Waals surface area contributed by atoms with Crippen LogP contribution in [0.25, 0.3) is 11.1 Å². The summed E-state index contributed by atoms with van der Waals surface area (Å²) in [6.07, 6.45) is 7.13. The number of aliphatic imine (C=N–C) groups is 1. The van der Waals surface area contributed by atoms with E-state index in [2.05, 4.69) is 33.2 Å². The van der Waals surface area contributed by atoms with Crippen LogP contribution in [0.2, 0.25) is 0 Å². The molecule has 3 aromatic rings. The van der Waals surface area contributed by atoms with E-state index in [-0.39, 0.29) is 23.2 Å². The lowest BCUT2D eigenvalue weighted by Gasteiger charge is -2.20. The number of halogens is 1. The summed E-state index contributed by atoms with van der Waals surface area (Å²) in [6.45, 7) is 5.69. The number of aryl methyl sites for hydroxylation is 1. The molecular weight excluding hydrogens is 478 g/mol. The molecule has 0 bridgehead atoms. The zero-order valence-electron chi connectivity index (χ0n) is 19.9. The molecule has 2 aromatic heterocycles. The van der Waals surface area contributed by atoms with Crippen LogP contribution in [0.5, 0.6) is 5.75 Å². The van der Waals surface area contributed by atoms with E-state index in [1.807, 2.05) is 13.0 Å². The van der Waals surface area contributed by atoms with Gasteiger partial charge in [-0.3, -0.25) is 14.5 Å². The number of carbonyl (C=O) groups is 1. The van der Waals surface area contributed by atoms with Gasteiger partial charge >= 0.3 is 0 Å². The third kappa shape index (κ3) is 4.85. The van der Waals surface area contributed by atoms with Gasteiger partial charge in [0, 0.05) is 25.2 Å². The second-order valence-electron chi connectivity index (χ2n) is 8.14. The minimum Gasteiger partial charge on any atom is -0.506 e. The van der Waals surface area contributed by atoms with E-state index in [1.54, 1.807) is 53.2 Å². The first-order valence-electron chi connectivity index (χ1n) is 11.2. The van der Waals surface area contributed by atoms with E-state index in [4.69, 9.17) is 11.6 Å². The van der Waals surface area contributed by atoms with E-state index >= 15 is 0 Å². The Kier molecular flexibility index (Phi) is 7.17. The maximum Gasteiger partial charge on any atom is 0.231 e. The predicted molar refractivity (Wildman–Crippen MR) is 140 cm³/mol. The largest absolute Gasteiger partial charge is 0.506 e. The van der Waals surface area contributed by atoms with Crippen LogP contribution in [0.15, 0.2) is 64.5 Å². The number of aromatic nitrogens is 3. The van der Waals surface area contributed by atoms with Crippen LogP contribution in [0.3, 0.4) is 0 Å². The molecule has 1 aromatic carbocycles. The topological polar surface area (TPSA) is 119 Å². The molecule has 0 saturated heterocycles. The number of nitrogens with one attached hydrogen (secondary N) is 1. The van der Waals surface area contributed by atoms with Crippen molar-refractivity contribution < 1.29 is 9.90 Å². The van der Waals surface area contributed by atoms with Gasteiger partial charge in [-0.25, -0.2) is 4.98 Å². The molecule has 10 heteroatoms. The summed E-state index contributed by atoms with van der Waals surface area (Å²) in [5.41, 5.74) is 3.49. The smallest absolute Gasteiger partial charge is 0.231 e. The van der Waals surface area contributed by atoms with Crippen molar-refractivity contribution >= 4 is 41.5 Å². The summed E-state index contributed by atoms with van der Waals surface area (Å²) in [6, 6.07) is 9.30. The average molecular weight is 502 g/mol. The third-order valence-corrected chi connectivity index (χ3v) is 6.23. The molecule has 0 fully saturated rings. The maximum absolute atomic E-state index is 13.2. The van der Waals surface area contributed by atoms with Crippen LogP contribution >= 0.6 is 11.6 Å². The molecule has 0 saturated carbocycles. The predicted octanol–water partition coefficient (Wildman–Crippen LogP) is 4.81. The monoisotopic (exact) mass is 501 g/mol. The van der Waals surface area contributed by atoms with Crippen molar-refractivity contribution in [3.8, 4) is 22.9 Å². The van der Waals surface area contributed by atoms with Crippen LogP contribution in [-0.4, -0.2) is 39.0 Å². The first-order valence-corrected chi connectivity index (χ1v) is 11.5. The van der Waals surface area contributed by atoms with Crippen molar-refractivity contribution in [1.82, 2.24) is 14.8 Å². The average Bonchev–Trinajstić information content (AvgIpc) is 3.49. The summed E-state index contributed by atoms with van der Waals surface area (Å²) in [5, 5.41) is 27.9. The summed E-state index contributed by atoms with van der Waals surface area (Å²) >= 11 is 6.13. The number of benzene rings is 1. The first-order chi connectivity index (χ1) is 17.4. The minimum atomic E-state index is -0.192. The fraction of sp³-hybridized carbons (Fsp3) is 0.192. The molecule has 0 unspecified atom stereocenters. The highest BCUT2D eigenvalue weighted by molar-refractivity contribution is 6.30. The number of nitrogens with zero attached hydrogens (tertiary/aromatic N) is 6. The lowest BCUT2D eigenvalue weighted by Crippen LogP contribution is -2.29. The van der Waals surface area contributed by atoms with Gasteiger partial charge < -0.3 is 15.3 Å². The standard InChI is InChI=1S/C26H24ClN7O2/c1-4-5-17(26(27)29-2)12-24(36)34-9-7-16-10-18(11-19(14-28)25(16)34)20-13-22(30-15-21(20)35)32-23-6-8-31-33(23)3/h4-6,8,10-11,13,15,35H,2,7,9,12H2,1,3H3,(H,30,32)/b5-4-,26-17+. The molecule has 9 nitrogen and oxygen atoms in total. The molecule has 2 N–H and O–H groups in total. The lowest BCUT2D eigenvalue weighted by molar-refractivity contribution is -0.117. The van der Waals surface area contributed by atoms with Gasteiger partial charge in [-0.15, -0.1) is 0 Å². The maximum atomic E-state index is 13.2. The molecule has 182 valence electrons. The number of nitriles is 1. The number of amides is 1. The molecule has 0 spiro atoms. The van der Waals surface area contributed by atoms with Gasteiger partial charge in [0.1, 0.15) is 28.6 Å². The highest BCUT2D eigenvalue weighted by atomic mass is 35.5. The number of hydrogen-bond donors (Lipinski definition) is 2. The highest BCUT2D eigenvalue weighted by Gasteiger charge is 2.29. The van der Waals surface area contributed by atoms with Gasteiger partial charge in [-0.05, 0) is 55.0 Å². The van der Waals surface area contributed by atoms with Crippen molar-refractivity contribution in [1.29, 1.82) is 5.26 Å². The Balaban J connectivity index is 1.68. The van der Waals surface area contributed by atoms with Crippen LogP contribution in [0.4, 0.5) is 17.3 Å². The Morgan fingerprint density at radius 3 is 2.89 bits per heavy atom. The van der Waals surface area contributed by atoms with E-state index in [0.717, 1.165) is 11.4 Å². The molecule has 1 aliphatic heterocycles. The molecule has 0 atom stereocenters. The quantitative estimate of drug-likeness (QED) is 0.272. The Bertz CT molecular complexity index is 1450. The highest BCUT2D eigenvalue weighted by Crippen LogP contribution is 2.39. The molecule has 3 heterocycles. The van der Waals surface area contributed by atoms with Crippen LogP contribution in [-0.2, 0) is 18.3 Å². The normalized spacial score (nSPS) is 13.3. The van der Waals surface area contributed by atoms with Crippen LogP contribution in [0.1, 0.15) is 24.5 Å². The zero-order valence-corrected chi connectivity index (χ0v) is 20.6. The van der Waals surface area contributed by atoms with E-state index in [0.29, 0.717) is 46.7 Å². The Hall–Kier alpha value is -4.42. The van der Waals surface area contributed by atoms with Crippen molar-refractivity contribution in [3.05, 3.63) is 70.7 Å². The second-order valence-corrected chi connectivity index (χ2v) is 8.50. The van der Waals surface area contributed by atoms with Gasteiger partial charge in [0.15, 0.2) is 0 Å². The minimum absolute atomic E-state index is 0.0203. The Morgan fingerprint density at radius 2 is 2.22 bits per heavy atom. The molecular formula is C26H24ClN7O2. The molecule has 36 heavy (non-hydrogen) atoms. The van der Waals surface area contributed by atoms with Crippen LogP contribution < -0.4 is 10.2 Å². The fourth-order valence-electron chi connectivity index (χ4n) is 4.18. The summed E-state index contributed by atoms with van der Waals surface area (Å²) < 4.78 is 1.66. The summed E-state index contributed by atoms with van der Waals surface area (Å²) in [4.78, 5) is 22.8. The number of rotatable bonds is 7. The van der Waals surface area contributed by atoms with Crippen molar-refractivity contribution in [2.24, 2.45) is 12.0 Å². The number of carbonyl (C=O) groups excluding carboxylic acids is 1.